The summed E-state index contributed by atoms with van der Waals surface area (Å²) < 4.78 is 4.85. The lowest BCUT2D eigenvalue weighted by atomic mass is 10.4. The molecule has 0 aliphatic heterocycles. The van der Waals surface area contributed by atoms with E-state index in [-0.39, 0.29) is 30.6 Å². The lowest BCUT2D eigenvalue weighted by Gasteiger charge is -2.03. The number of ether oxygens (including phenoxy) is 1. The number of aliphatic hydroxyl groups is 1. The fourth-order valence-corrected chi connectivity index (χ4v) is 0.835. The van der Waals surface area contributed by atoms with E-state index in [1.165, 1.54) is 12.1 Å². The molecule has 3 N–H and O–H groups in total. The van der Waals surface area contributed by atoms with Crippen LogP contribution in [0.4, 0.5) is 11.5 Å². The van der Waals surface area contributed by atoms with E-state index in [0.717, 1.165) is 0 Å². The first-order valence-corrected chi connectivity index (χ1v) is 3.79. The van der Waals surface area contributed by atoms with Crippen LogP contribution in [0.25, 0.3) is 0 Å². The normalized spacial score (nSPS) is 9.79. The Morgan fingerprint density at radius 1 is 1.64 bits per heavy atom. The number of hydrogen-bond acceptors (Lipinski definition) is 6. The smallest absolute Gasteiger partial charge is 0.331 e. The molecular formula is C7H9N3O4. The monoisotopic (exact) mass is 199 g/mol. The third-order valence-electron chi connectivity index (χ3n) is 1.39. The Kier molecular flexibility index (Phi) is 3.19. The topological polar surface area (TPSA) is 112 Å². The SMILES string of the molecule is Nc1ccc([N+](=O)[O-])c(OCCO)n1. The molecule has 0 saturated heterocycles. The molecule has 0 radical (unpaired) electrons. The van der Waals surface area contributed by atoms with Crippen molar-refractivity contribution in [2.75, 3.05) is 18.9 Å². The van der Waals surface area contributed by atoms with Gasteiger partial charge in [0.2, 0.25) is 0 Å². The molecule has 7 nitrogen and oxygen atoms in total. The number of nitrogens with two attached hydrogens (primary N) is 1. The summed E-state index contributed by atoms with van der Waals surface area (Å²) in [6.07, 6.45) is 0. The van der Waals surface area contributed by atoms with Crippen LogP contribution in [0, 0.1) is 10.1 Å². The lowest BCUT2D eigenvalue weighted by Crippen LogP contribution is -2.06. The van der Waals surface area contributed by atoms with Gasteiger partial charge in [-0.05, 0) is 6.07 Å². The summed E-state index contributed by atoms with van der Waals surface area (Å²) >= 11 is 0. The zero-order chi connectivity index (χ0) is 10.6. The Balaban J connectivity index is 2.97. The summed E-state index contributed by atoms with van der Waals surface area (Å²) in [6, 6.07) is 2.51. The predicted molar refractivity (Wildman–Crippen MR) is 47.9 cm³/mol. The van der Waals surface area contributed by atoms with E-state index in [1.54, 1.807) is 0 Å². The van der Waals surface area contributed by atoms with Crippen molar-refractivity contribution in [1.82, 2.24) is 4.98 Å². The first-order chi connectivity index (χ1) is 6.65. The van der Waals surface area contributed by atoms with Gasteiger partial charge in [0.15, 0.2) is 0 Å². The quantitative estimate of drug-likeness (QED) is 0.519. The van der Waals surface area contributed by atoms with E-state index in [1.807, 2.05) is 0 Å². The molecule has 0 saturated carbocycles. The molecule has 0 atom stereocenters. The summed E-state index contributed by atoms with van der Waals surface area (Å²) in [4.78, 5) is 13.5. The van der Waals surface area contributed by atoms with Crippen LogP contribution in [0.5, 0.6) is 5.88 Å². The third-order valence-corrected chi connectivity index (χ3v) is 1.39. The minimum absolute atomic E-state index is 0.0582. The minimum Gasteiger partial charge on any atom is -0.470 e. The number of nitrogen functional groups attached to an aromatic ring is 1. The van der Waals surface area contributed by atoms with Crippen molar-refractivity contribution in [2.24, 2.45) is 0 Å². The van der Waals surface area contributed by atoms with Gasteiger partial charge in [-0.2, -0.15) is 4.98 Å². The summed E-state index contributed by atoms with van der Waals surface area (Å²) in [5, 5.41) is 19.0. The molecule has 1 aromatic heterocycles. The highest BCUT2D eigenvalue weighted by Gasteiger charge is 2.16. The number of aliphatic hydroxyl groups excluding tert-OH is 1. The molecular weight excluding hydrogens is 190 g/mol. The molecule has 1 rings (SSSR count). The Labute approximate surface area is 79.3 Å². The highest BCUT2D eigenvalue weighted by molar-refractivity contribution is 5.46. The van der Waals surface area contributed by atoms with Gasteiger partial charge in [-0.25, -0.2) is 0 Å². The van der Waals surface area contributed by atoms with Crippen molar-refractivity contribution in [3.05, 3.63) is 22.2 Å². The van der Waals surface area contributed by atoms with Crippen LogP contribution in [0.1, 0.15) is 0 Å². The second kappa shape index (κ2) is 4.38. The molecule has 76 valence electrons. The Hall–Kier alpha value is -1.89. The zero-order valence-corrected chi connectivity index (χ0v) is 7.21. The van der Waals surface area contributed by atoms with Crippen molar-refractivity contribution in [3.63, 3.8) is 0 Å². The van der Waals surface area contributed by atoms with Crippen molar-refractivity contribution in [2.45, 2.75) is 0 Å². The van der Waals surface area contributed by atoms with E-state index in [4.69, 9.17) is 15.6 Å². The van der Waals surface area contributed by atoms with Crippen LogP contribution in [-0.4, -0.2) is 28.2 Å². The van der Waals surface area contributed by atoms with E-state index in [2.05, 4.69) is 4.98 Å². The van der Waals surface area contributed by atoms with Crippen LogP contribution < -0.4 is 10.5 Å². The second-order valence-electron chi connectivity index (χ2n) is 2.39. The van der Waals surface area contributed by atoms with Gasteiger partial charge in [-0.15, -0.1) is 0 Å². The first kappa shape index (κ1) is 10.2. The van der Waals surface area contributed by atoms with E-state index in [0.29, 0.717) is 0 Å². The van der Waals surface area contributed by atoms with Crippen LogP contribution in [0.15, 0.2) is 12.1 Å². The van der Waals surface area contributed by atoms with Gasteiger partial charge < -0.3 is 15.6 Å². The van der Waals surface area contributed by atoms with Gasteiger partial charge in [0.05, 0.1) is 11.5 Å². The van der Waals surface area contributed by atoms with Gasteiger partial charge in [-0.1, -0.05) is 0 Å². The van der Waals surface area contributed by atoms with Crippen molar-refractivity contribution >= 4 is 11.5 Å². The molecule has 0 aliphatic carbocycles. The fourth-order valence-electron chi connectivity index (χ4n) is 0.835. The summed E-state index contributed by atoms with van der Waals surface area (Å²) in [6.45, 7) is -0.301. The molecule has 1 aromatic rings. The van der Waals surface area contributed by atoms with Gasteiger partial charge in [0, 0.05) is 6.07 Å². The van der Waals surface area contributed by atoms with E-state index in [9.17, 15) is 10.1 Å². The first-order valence-electron chi connectivity index (χ1n) is 3.79. The average molecular weight is 199 g/mol. The second-order valence-corrected chi connectivity index (χ2v) is 2.39. The average Bonchev–Trinajstić information content (AvgIpc) is 2.14. The van der Waals surface area contributed by atoms with Crippen LogP contribution >= 0.6 is 0 Å². The summed E-state index contributed by atoms with van der Waals surface area (Å²) in [5.74, 6) is -0.0485. The molecule has 0 amide bonds. The number of nitro groups is 1. The van der Waals surface area contributed by atoms with Crippen molar-refractivity contribution < 1.29 is 14.8 Å². The van der Waals surface area contributed by atoms with Crippen LogP contribution in [-0.2, 0) is 0 Å². The van der Waals surface area contributed by atoms with Crippen LogP contribution in [0.3, 0.4) is 0 Å². The molecule has 0 unspecified atom stereocenters. The Morgan fingerprint density at radius 2 is 2.36 bits per heavy atom. The van der Waals surface area contributed by atoms with Gasteiger partial charge in [-0.3, -0.25) is 10.1 Å². The molecule has 1 heterocycles. The molecule has 0 fully saturated rings. The number of aromatic nitrogens is 1. The molecule has 0 spiro atoms. The molecule has 7 heteroatoms. The zero-order valence-electron chi connectivity index (χ0n) is 7.21. The third kappa shape index (κ3) is 2.30. The molecule has 0 aliphatic rings. The maximum Gasteiger partial charge on any atom is 0.331 e. The van der Waals surface area contributed by atoms with Gasteiger partial charge >= 0.3 is 5.69 Å². The largest absolute Gasteiger partial charge is 0.470 e. The summed E-state index contributed by atoms with van der Waals surface area (Å²) in [5.41, 5.74) is 5.05. The van der Waals surface area contributed by atoms with Crippen molar-refractivity contribution in [3.8, 4) is 5.88 Å². The summed E-state index contributed by atoms with van der Waals surface area (Å²) in [7, 11) is 0. The number of rotatable bonds is 4. The Morgan fingerprint density at radius 3 is 2.93 bits per heavy atom. The van der Waals surface area contributed by atoms with Gasteiger partial charge in [0.1, 0.15) is 12.4 Å². The maximum atomic E-state index is 10.5. The fraction of sp³-hybridized carbons (Fsp3) is 0.286. The molecule has 0 aromatic carbocycles. The van der Waals surface area contributed by atoms with E-state index >= 15 is 0 Å². The van der Waals surface area contributed by atoms with Crippen molar-refractivity contribution in [1.29, 1.82) is 0 Å². The molecule has 14 heavy (non-hydrogen) atoms. The van der Waals surface area contributed by atoms with Crippen LogP contribution in [0.2, 0.25) is 0 Å². The standard InChI is InChI=1S/C7H9N3O4/c8-6-2-1-5(10(12)13)7(9-6)14-4-3-11/h1-2,11H,3-4H2,(H2,8,9). The number of pyridine rings is 1. The Bertz CT molecular complexity index is 342. The lowest BCUT2D eigenvalue weighted by molar-refractivity contribution is -0.386. The highest BCUT2D eigenvalue weighted by atomic mass is 16.6. The number of hydrogen-bond donors (Lipinski definition) is 2. The highest BCUT2D eigenvalue weighted by Crippen LogP contribution is 2.24. The van der Waals surface area contributed by atoms with Gasteiger partial charge in [0.25, 0.3) is 5.88 Å². The minimum atomic E-state index is -0.626. The maximum absolute atomic E-state index is 10.5. The molecule has 0 bridgehead atoms. The predicted octanol–water partition coefficient (Wildman–Crippen LogP) is -0.0569. The number of anilines is 1. The van der Waals surface area contributed by atoms with E-state index < -0.39 is 4.92 Å². The number of nitrogens with zero attached hydrogens (tertiary/aromatic N) is 2.